The van der Waals surface area contributed by atoms with E-state index in [1.807, 2.05) is 91.9 Å². The standard InChI is InChI=1S/C24H20N2O/c1-17-11-13-19(14-12-17)23(18-7-3-2-4-8-18)24(27)26-21-15-20-9-5-6-10-22(20)25-16-21/h2-16,23H,1H3,(H,26,27). The molecule has 1 atom stereocenters. The van der Waals surface area contributed by atoms with Crippen molar-refractivity contribution in [1.82, 2.24) is 4.98 Å². The number of hydrogen-bond donors (Lipinski definition) is 1. The molecular formula is C24H20N2O. The van der Waals surface area contributed by atoms with E-state index < -0.39 is 0 Å². The number of nitrogens with one attached hydrogen (secondary N) is 1. The van der Waals surface area contributed by atoms with Crippen LogP contribution < -0.4 is 5.32 Å². The summed E-state index contributed by atoms with van der Waals surface area (Å²) < 4.78 is 0. The fraction of sp³-hybridized carbons (Fsp3) is 0.0833. The molecule has 4 aromatic rings. The summed E-state index contributed by atoms with van der Waals surface area (Å²) in [7, 11) is 0. The van der Waals surface area contributed by atoms with Crippen LogP contribution in [0, 0.1) is 6.92 Å². The third-order valence-electron chi connectivity index (χ3n) is 4.66. The maximum Gasteiger partial charge on any atom is 0.236 e. The van der Waals surface area contributed by atoms with Crippen LogP contribution in [0.4, 0.5) is 5.69 Å². The molecule has 0 bridgehead atoms. The fourth-order valence-corrected chi connectivity index (χ4v) is 3.25. The van der Waals surface area contributed by atoms with Gasteiger partial charge in [0.15, 0.2) is 0 Å². The van der Waals surface area contributed by atoms with Crippen molar-refractivity contribution >= 4 is 22.5 Å². The number of hydrogen-bond acceptors (Lipinski definition) is 2. The van der Waals surface area contributed by atoms with Crippen molar-refractivity contribution in [3.63, 3.8) is 0 Å². The van der Waals surface area contributed by atoms with E-state index in [4.69, 9.17) is 0 Å². The lowest BCUT2D eigenvalue weighted by Crippen LogP contribution is -2.22. The van der Waals surface area contributed by atoms with E-state index in [1.165, 1.54) is 5.56 Å². The summed E-state index contributed by atoms with van der Waals surface area (Å²) in [5.74, 6) is -0.444. The first-order valence-corrected chi connectivity index (χ1v) is 8.98. The van der Waals surface area contributed by atoms with Gasteiger partial charge in [0.1, 0.15) is 0 Å². The van der Waals surface area contributed by atoms with E-state index in [1.54, 1.807) is 6.20 Å². The van der Waals surface area contributed by atoms with Crippen LogP contribution in [0.5, 0.6) is 0 Å². The summed E-state index contributed by atoms with van der Waals surface area (Å²) in [4.78, 5) is 17.6. The van der Waals surface area contributed by atoms with Gasteiger partial charge in [0.25, 0.3) is 0 Å². The first kappa shape index (κ1) is 17.0. The predicted molar refractivity (Wildman–Crippen MR) is 110 cm³/mol. The number of aromatic nitrogens is 1. The van der Waals surface area contributed by atoms with E-state index in [9.17, 15) is 4.79 Å². The Morgan fingerprint density at radius 1 is 0.852 bits per heavy atom. The molecule has 0 saturated carbocycles. The quantitative estimate of drug-likeness (QED) is 0.540. The van der Waals surface area contributed by atoms with Gasteiger partial charge in [-0.25, -0.2) is 0 Å². The van der Waals surface area contributed by atoms with Crippen molar-refractivity contribution in [3.8, 4) is 0 Å². The van der Waals surface area contributed by atoms with E-state index >= 15 is 0 Å². The smallest absolute Gasteiger partial charge is 0.236 e. The zero-order valence-electron chi connectivity index (χ0n) is 15.1. The summed E-state index contributed by atoms with van der Waals surface area (Å²) in [5, 5.41) is 4.05. The normalized spacial score (nSPS) is 11.9. The molecule has 0 saturated heterocycles. The van der Waals surface area contributed by atoms with Gasteiger partial charge in [0.05, 0.1) is 23.3 Å². The van der Waals surface area contributed by atoms with Gasteiger partial charge in [0.2, 0.25) is 5.91 Å². The van der Waals surface area contributed by atoms with Crippen molar-refractivity contribution in [1.29, 1.82) is 0 Å². The van der Waals surface area contributed by atoms with Gasteiger partial charge in [-0.05, 0) is 30.2 Å². The van der Waals surface area contributed by atoms with Crippen LogP contribution in [0.1, 0.15) is 22.6 Å². The molecule has 132 valence electrons. The van der Waals surface area contributed by atoms with Crippen molar-refractivity contribution < 1.29 is 4.79 Å². The van der Waals surface area contributed by atoms with Crippen molar-refractivity contribution in [2.24, 2.45) is 0 Å². The largest absolute Gasteiger partial charge is 0.324 e. The summed E-state index contributed by atoms with van der Waals surface area (Å²) in [5.41, 5.74) is 4.72. The molecular weight excluding hydrogens is 332 g/mol. The van der Waals surface area contributed by atoms with Crippen LogP contribution in [-0.4, -0.2) is 10.9 Å². The maximum absolute atomic E-state index is 13.2. The second-order valence-electron chi connectivity index (χ2n) is 6.66. The molecule has 1 amide bonds. The van der Waals surface area contributed by atoms with Gasteiger partial charge in [-0.2, -0.15) is 0 Å². The van der Waals surface area contributed by atoms with Gasteiger partial charge in [-0.3, -0.25) is 9.78 Å². The molecule has 3 nitrogen and oxygen atoms in total. The number of fused-ring (bicyclic) bond motifs is 1. The van der Waals surface area contributed by atoms with E-state index in [2.05, 4.69) is 10.3 Å². The number of carbonyl (C=O) groups excluding carboxylic acids is 1. The van der Waals surface area contributed by atoms with Crippen LogP contribution in [-0.2, 0) is 4.79 Å². The minimum absolute atomic E-state index is 0.0675. The summed E-state index contributed by atoms with van der Waals surface area (Å²) in [6.07, 6.45) is 1.71. The van der Waals surface area contributed by atoms with E-state index in [0.717, 1.165) is 22.0 Å². The van der Waals surface area contributed by atoms with Crippen molar-refractivity contribution in [2.75, 3.05) is 5.32 Å². The molecule has 0 spiro atoms. The van der Waals surface area contributed by atoms with Crippen molar-refractivity contribution in [2.45, 2.75) is 12.8 Å². The first-order valence-electron chi connectivity index (χ1n) is 8.98. The highest BCUT2D eigenvalue weighted by atomic mass is 16.1. The van der Waals surface area contributed by atoms with Crippen LogP contribution in [0.15, 0.2) is 91.1 Å². The number of pyridine rings is 1. The molecule has 3 aromatic carbocycles. The van der Waals surface area contributed by atoms with Crippen molar-refractivity contribution in [3.05, 3.63) is 108 Å². The molecule has 1 aromatic heterocycles. The number of aryl methyl sites for hydroxylation is 1. The number of para-hydroxylation sites is 1. The third-order valence-corrected chi connectivity index (χ3v) is 4.66. The predicted octanol–water partition coefficient (Wildman–Crippen LogP) is 5.31. The Hall–Kier alpha value is -3.46. The molecule has 0 aliphatic rings. The number of carbonyl (C=O) groups is 1. The zero-order chi connectivity index (χ0) is 18.6. The van der Waals surface area contributed by atoms with E-state index in [-0.39, 0.29) is 11.8 Å². The lowest BCUT2D eigenvalue weighted by molar-refractivity contribution is -0.116. The molecule has 0 fully saturated rings. The van der Waals surface area contributed by atoms with Gasteiger partial charge < -0.3 is 5.32 Å². The van der Waals surface area contributed by atoms with Crippen LogP contribution in [0.3, 0.4) is 0 Å². The molecule has 4 rings (SSSR count). The first-order chi connectivity index (χ1) is 13.2. The average Bonchev–Trinajstić information content (AvgIpc) is 2.70. The zero-order valence-corrected chi connectivity index (χ0v) is 15.1. The molecule has 1 unspecified atom stereocenters. The molecule has 27 heavy (non-hydrogen) atoms. The SMILES string of the molecule is Cc1ccc(C(C(=O)Nc2cnc3ccccc3c2)c2ccccc2)cc1. The van der Waals surface area contributed by atoms with E-state index in [0.29, 0.717) is 5.69 Å². The second kappa shape index (κ2) is 7.42. The minimum Gasteiger partial charge on any atom is -0.324 e. The third kappa shape index (κ3) is 3.72. The number of nitrogens with zero attached hydrogens (tertiary/aromatic N) is 1. The highest BCUT2D eigenvalue weighted by Gasteiger charge is 2.22. The molecule has 0 aliphatic heterocycles. The molecule has 0 aliphatic carbocycles. The highest BCUT2D eigenvalue weighted by Crippen LogP contribution is 2.27. The highest BCUT2D eigenvalue weighted by molar-refractivity contribution is 5.99. The Kier molecular flexibility index (Phi) is 4.67. The molecule has 1 N–H and O–H groups in total. The lowest BCUT2D eigenvalue weighted by atomic mass is 9.90. The molecule has 0 radical (unpaired) electrons. The average molecular weight is 352 g/mol. The summed E-state index contributed by atoms with van der Waals surface area (Å²) in [6, 6.07) is 27.8. The number of amides is 1. The topological polar surface area (TPSA) is 42.0 Å². The Labute approximate surface area is 158 Å². The number of benzene rings is 3. The van der Waals surface area contributed by atoms with Gasteiger partial charge in [-0.15, -0.1) is 0 Å². The van der Waals surface area contributed by atoms with Gasteiger partial charge in [0, 0.05) is 5.39 Å². The monoisotopic (exact) mass is 352 g/mol. The van der Waals surface area contributed by atoms with Gasteiger partial charge in [-0.1, -0.05) is 78.4 Å². The fourth-order valence-electron chi connectivity index (χ4n) is 3.25. The Balaban J connectivity index is 1.68. The van der Waals surface area contributed by atoms with Crippen LogP contribution in [0.2, 0.25) is 0 Å². The second-order valence-corrected chi connectivity index (χ2v) is 6.66. The Bertz CT molecular complexity index is 1070. The summed E-state index contributed by atoms with van der Waals surface area (Å²) >= 11 is 0. The van der Waals surface area contributed by atoms with Gasteiger partial charge >= 0.3 is 0 Å². The Morgan fingerprint density at radius 3 is 2.30 bits per heavy atom. The lowest BCUT2D eigenvalue weighted by Gasteiger charge is -2.18. The number of anilines is 1. The van der Waals surface area contributed by atoms with Crippen LogP contribution in [0.25, 0.3) is 10.9 Å². The van der Waals surface area contributed by atoms with Crippen LogP contribution >= 0.6 is 0 Å². The minimum atomic E-state index is -0.377. The maximum atomic E-state index is 13.2. The molecule has 3 heteroatoms. The summed E-state index contributed by atoms with van der Waals surface area (Å²) in [6.45, 7) is 2.04. The molecule has 1 heterocycles. The number of rotatable bonds is 4. The Morgan fingerprint density at radius 2 is 1.52 bits per heavy atom.